The predicted molar refractivity (Wildman–Crippen MR) is 74.2 cm³/mol. The molecule has 1 fully saturated rings. The molecule has 2 aliphatic heterocycles. The van der Waals surface area contributed by atoms with Gasteiger partial charge in [0.2, 0.25) is 0 Å². The number of hydrogen-bond donors (Lipinski definition) is 1. The van der Waals surface area contributed by atoms with Crippen LogP contribution in [0.15, 0.2) is 24.3 Å². The van der Waals surface area contributed by atoms with Gasteiger partial charge in [0.1, 0.15) is 11.9 Å². The molecule has 0 saturated carbocycles. The highest BCUT2D eigenvalue weighted by Gasteiger charge is 2.28. The van der Waals surface area contributed by atoms with Crippen LogP contribution < -0.4 is 10.1 Å². The van der Waals surface area contributed by atoms with Crippen molar-refractivity contribution >= 4 is 9.84 Å². The van der Waals surface area contributed by atoms with Gasteiger partial charge in [0, 0.05) is 13.0 Å². The normalized spacial score (nSPS) is 28.0. The van der Waals surface area contributed by atoms with Gasteiger partial charge < -0.3 is 10.1 Å². The molecular formula is C14H19NO3S. The van der Waals surface area contributed by atoms with E-state index in [1.165, 1.54) is 5.56 Å². The van der Waals surface area contributed by atoms with Gasteiger partial charge in [-0.05, 0) is 30.5 Å². The Labute approximate surface area is 114 Å². The molecule has 0 amide bonds. The number of hydrogen-bond acceptors (Lipinski definition) is 4. The van der Waals surface area contributed by atoms with Crippen LogP contribution in [0.5, 0.6) is 5.75 Å². The lowest BCUT2D eigenvalue weighted by molar-refractivity contribution is 0.225. The van der Waals surface area contributed by atoms with E-state index in [0.29, 0.717) is 11.5 Å². The Morgan fingerprint density at radius 3 is 2.84 bits per heavy atom. The fourth-order valence-electron chi connectivity index (χ4n) is 2.85. The second-order valence-corrected chi connectivity index (χ2v) is 7.71. The van der Waals surface area contributed by atoms with Crippen molar-refractivity contribution in [1.82, 2.24) is 5.32 Å². The molecule has 1 aromatic rings. The maximum absolute atomic E-state index is 11.4. The largest absolute Gasteiger partial charge is 0.488 e. The minimum Gasteiger partial charge on any atom is -0.488 e. The third kappa shape index (κ3) is 3.09. The predicted octanol–water partition coefficient (Wildman–Crippen LogP) is 1.01. The van der Waals surface area contributed by atoms with Gasteiger partial charge in [-0.15, -0.1) is 0 Å². The van der Waals surface area contributed by atoms with E-state index in [2.05, 4.69) is 11.4 Å². The molecule has 19 heavy (non-hydrogen) atoms. The monoisotopic (exact) mass is 281 g/mol. The lowest BCUT2D eigenvalue weighted by Gasteiger charge is -2.14. The molecule has 3 rings (SSSR count). The SMILES string of the molecule is O=S1(=O)CCC(CNCC2Cc3ccccc3O2)C1. The van der Waals surface area contributed by atoms with Crippen molar-refractivity contribution in [3.05, 3.63) is 29.8 Å². The molecular weight excluding hydrogens is 262 g/mol. The fraction of sp³-hybridized carbons (Fsp3) is 0.571. The summed E-state index contributed by atoms with van der Waals surface area (Å²) in [5.74, 6) is 1.95. The maximum atomic E-state index is 11.4. The molecule has 1 N–H and O–H groups in total. The van der Waals surface area contributed by atoms with Gasteiger partial charge in [-0.1, -0.05) is 18.2 Å². The molecule has 0 bridgehead atoms. The second kappa shape index (κ2) is 5.13. The third-order valence-electron chi connectivity index (χ3n) is 3.85. The Hall–Kier alpha value is -1.07. The lowest BCUT2D eigenvalue weighted by atomic mass is 10.1. The Morgan fingerprint density at radius 1 is 1.26 bits per heavy atom. The van der Waals surface area contributed by atoms with E-state index in [4.69, 9.17) is 4.74 Å². The minimum absolute atomic E-state index is 0.176. The van der Waals surface area contributed by atoms with Gasteiger partial charge in [-0.2, -0.15) is 0 Å². The van der Waals surface area contributed by atoms with E-state index in [-0.39, 0.29) is 12.0 Å². The molecule has 0 spiro atoms. The molecule has 2 unspecified atom stereocenters. The third-order valence-corrected chi connectivity index (χ3v) is 5.68. The van der Waals surface area contributed by atoms with Crippen LogP contribution in [-0.4, -0.2) is 39.1 Å². The van der Waals surface area contributed by atoms with Gasteiger partial charge in [0.15, 0.2) is 9.84 Å². The standard InChI is InChI=1S/C14H19NO3S/c16-19(17)6-5-11(10-19)8-15-9-13-7-12-3-1-2-4-14(12)18-13/h1-4,11,13,15H,5-10H2. The van der Waals surface area contributed by atoms with Gasteiger partial charge >= 0.3 is 0 Å². The molecule has 1 saturated heterocycles. The quantitative estimate of drug-likeness (QED) is 0.895. The highest BCUT2D eigenvalue weighted by atomic mass is 32.2. The summed E-state index contributed by atoms with van der Waals surface area (Å²) in [6.45, 7) is 1.56. The number of sulfone groups is 1. The first-order chi connectivity index (χ1) is 9.12. The summed E-state index contributed by atoms with van der Waals surface area (Å²) < 4.78 is 28.5. The van der Waals surface area contributed by atoms with Crippen molar-refractivity contribution in [3.8, 4) is 5.75 Å². The summed E-state index contributed by atoms with van der Waals surface area (Å²) in [5.41, 5.74) is 1.26. The Balaban J connectivity index is 1.43. The Morgan fingerprint density at radius 2 is 2.11 bits per heavy atom. The molecule has 104 valence electrons. The van der Waals surface area contributed by atoms with Crippen LogP contribution >= 0.6 is 0 Å². The van der Waals surface area contributed by atoms with Crippen molar-refractivity contribution in [2.45, 2.75) is 18.9 Å². The molecule has 2 heterocycles. The zero-order chi connectivity index (χ0) is 13.3. The van der Waals surface area contributed by atoms with Crippen LogP contribution in [0.3, 0.4) is 0 Å². The maximum Gasteiger partial charge on any atom is 0.150 e. The summed E-state index contributed by atoms with van der Waals surface area (Å²) in [6.07, 6.45) is 1.91. The summed E-state index contributed by atoms with van der Waals surface area (Å²) in [6, 6.07) is 8.11. The number of fused-ring (bicyclic) bond motifs is 1. The molecule has 1 aromatic carbocycles. The van der Waals surface area contributed by atoms with E-state index in [1.54, 1.807) is 0 Å². The molecule has 0 radical (unpaired) electrons. The first-order valence-corrected chi connectivity index (χ1v) is 8.60. The van der Waals surface area contributed by atoms with E-state index in [1.807, 2.05) is 18.2 Å². The molecule has 0 aromatic heterocycles. The summed E-state index contributed by atoms with van der Waals surface area (Å²) in [7, 11) is -2.76. The summed E-state index contributed by atoms with van der Waals surface area (Å²) in [5, 5.41) is 3.35. The first kappa shape index (κ1) is 12.9. The van der Waals surface area contributed by atoms with Crippen molar-refractivity contribution in [2.75, 3.05) is 24.6 Å². The zero-order valence-electron chi connectivity index (χ0n) is 10.8. The van der Waals surface area contributed by atoms with Gasteiger partial charge in [0.25, 0.3) is 0 Å². The van der Waals surface area contributed by atoms with Crippen molar-refractivity contribution in [3.63, 3.8) is 0 Å². The van der Waals surface area contributed by atoms with Gasteiger partial charge in [-0.3, -0.25) is 0 Å². The molecule has 2 atom stereocenters. The fourth-order valence-corrected chi connectivity index (χ4v) is 4.71. The van der Waals surface area contributed by atoms with E-state index >= 15 is 0 Å². The van der Waals surface area contributed by atoms with Crippen molar-refractivity contribution in [2.24, 2.45) is 5.92 Å². The molecule has 5 heteroatoms. The van der Waals surface area contributed by atoms with E-state index in [9.17, 15) is 8.42 Å². The summed E-state index contributed by atoms with van der Waals surface area (Å²) in [4.78, 5) is 0. The average molecular weight is 281 g/mol. The number of nitrogens with one attached hydrogen (secondary N) is 1. The second-order valence-electron chi connectivity index (χ2n) is 5.48. The number of benzene rings is 1. The zero-order valence-corrected chi connectivity index (χ0v) is 11.7. The van der Waals surface area contributed by atoms with Crippen LogP contribution in [0.25, 0.3) is 0 Å². The van der Waals surface area contributed by atoms with Crippen LogP contribution in [0, 0.1) is 5.92 Å². The van der Waals surface area contributed by atoms with Crippen molar-refractivity contribution in [1.29, 1.82) is 0 Å². The first-order valence-electron chi connectivity index (χ1n) is 6.78. The smallest absolute Gasteiger partial charge is 0.150 e. The summed E-state index contributed by atoms with van der Waals surface area (Å²) >= 11 is 0. The van der Waals surface area contributed by atoms with Crippen LogP contribution in [0.4, 0.5) is 0 Å². The van der Waals surface area contributed by atoms with Crippen LogP contribution in [-0.2, 0) is 16.3 Å². The minimum atomic E-state index is -2.76. The molecule has 4 nitrogen and oxygen atoms in total. The van der Waals surface area contributed by atoms with E-state index < -0.39 is 9.84 Å². The van der Waals surface area contributed by atoms with Gasteiger partial charge in [0.05, 0.1) is 11.5 Å². The van der Waals surface area contributed by atoms with Crippen molar-refractivity contribution < 1.29 is 13.2 Å². The average Bonchev–Trinajstić information content (AvgIpc) is 2.92. The Kier molecular flexibility index (Phi) is 3.50. The highest BCUT2D eigenvalue weighted by molar-refractivity contribution is 7.91. The highest BCUT2D eigenvalue weighted by Crippen LogP contribution is 2.27. The number of ether oxygens (including phenoxy) is 1. The topological polar surface area (TPSA) is 55.4 Å². The number of para-hydroxylation sites is 1. The van der Waals surface area contributed by atoms with Crippen LogP contribution in [0.2, 0.25) is 0 Å². The molecule has 2 aliphatic rings. The number of rotatable bonds is 4. The Bertz CT molecular complexity index is 531. The lowest BCUT2D eigenvalue weighted by Crippen LogP contribution is -2.33. The van der Waals surface area contributed by atoms with E-state index in [0.717, 1.165) is 31.7 Å². The molecule has 0 aliphatic carbocycles. The van der Waals surface area contributed by atoms with Crippen LogP contribution in [0.1, 0.15) is 12.0 Å². The van der Waals surface area contributed by atoms with Gasteiger partial charge in [-0.25, -0.2) is 8.42 Å².